The van der Waals surface area contributed by atoms with Crippen LogP contribution in [0.3, 0.4) is 0 Å². The largest absolute Gasteiger partial charge is 0.497 e. The molecule has 7 heteroatoms. The molecule has 3 aromatic rings. The van der Waals surface area contributed by atoms with Crippen LogP contribution in [0.1, 0.15) is 11.3 Å². The quantitative estimate of drug-likeness (QED) is 0.718. The number of hydrogen-bond acceptors (Lipinski definition) is 5. The summed E-state index contributed by atoms with van der Waals surface area (Å²) in [5.74, 6) is 0.620. The first kappa shape index (κ1) is 16.2. The van der Waals surface area contributed by atoms with Crippen molar-refractivity contribution in [3.8, 4) is 17.5 Å². The molecule has 7 nitrogen and oxygen atoms in total. The first-order valence-electron chi connectivity index (χ1n) is 7.46. The number of benzene rings is 2. The number of ether oxygens (including phenoxy) is 1. The van der Waals surface area contributed by atoms with Crippen molar-refractivity contribution in [2.24, 2.45) is 0 Å². The summed E-state index contributed by atoms with van der Waals surface area (Å²) in [6.45, 7) is 0.0614. The van der Waals surface area contributed by atoms with Crippen molar-refractivity contribution in [1.82, 2.24) is 14.3 Å². The summed E-state index contributed by atoms with van der Waals surface area (Å²) in [7, 11) is 1.53. The number of nitrogens with zero attached hydrogens (tertiary/aromatic N) is 4. The van der Waals surface area contributed by atoms with Gasteiger partial charge in [0.05, 0.1) is 19.3 Å². The third kappa shape index (κ3) is 3.19. The molecule has 0 saturated heterocycles. The standard InChI is InChI=1S/C18H14N4O3/c1-25-15-9-7-14(8-10-15)22-18(24)21(17(23)16(11-19)20-22)12-13-5-3-2-4-6-13/h2-10H,12H2,1H3. The highest BCUT2D eigenvalue weighted by atomic mass is 16.5. The van der Waals surface area contributed by atoms with Crippen LogP contribution in [0.4, 0.5) is 0 Å². The van der Waals surface area contributed by atoms with Crippen molar-refractivity contribution in [3.05, 3.63) is 86.7 Å². The summed E-state index contributed by atoms with van der Waals surface area (Å²) >= 11 is 0. The molecule has 0 aliphatic rings. The van der Waals surface area contributed by atoms with Gasteiger partial charge in [-0.2, -0.15) is 9.94 Å². The number of hydrogen-bond donors (Lipinski definition) is 0. The van der Waals surface area contributed by atoms with Gasteiger partial charge in [-0.15, -0.1) is 5.10 Å². The molecule has 25 heavy (non-hydrogen) atoms. The molecule has 124 valence electrons. The van der Waals surface area contributed by atoms with Crippen LogP contribution >= 0.6 is 0 Å². The van der Waals surface area contributed by atoms with E-state index in [4.69, 9.17) is 4.74 Å². The third-order valence-electron chi connectivity index (χ3n) is 3.67. The molecule has 1 heterocycles. The maximum atomic E-state index is 12.7. The summed E-state index contributed by atoms with van der Waals surface area (Å²) in [4.78, 5) is 25.1. The summed E-state index contributed by atoms with van der Waals surface area (Å²) in [5, 5.41) is 13.1. The van der Waals surface area contributed by atoms with Crippen LogP contribution in [0.25, 0.3) is 5.69 Å². The topological polar surface area (TPSA) is 89.9 Å². The fraction of sp³-hybridized carbons (Fsp3) is 0.111. The minimum Gasteiger partial charge on any atom is -0.497 e. The van der Waals surface area contributed by atoms with Crippen LogP contribution in [-0.4, -0.2) is 21.5 Å². The summed E-state index contributed by atoms with van der Waals surface area (Å²) in [6.07, 6.45) is 0. The molecule has 0 amide bonds. The van der Waals surface area contributed by atoms with Crippen molar-refractivity contribution in [1.29, 1.82) is 5.26 Å². The van der Waals surface area contributed by atoms with Crippen LogP contribution in [0, 0.1) is 11.3 Å². The molecule has 0 N–H and O–H groups in total. The minimum atomic E-state index is -0.707. The van der Waals surface area contributed by atoms with E-state index < -0.39 is 11.2 Å². The van der Waals surface area contributed by atoms with E-state index in [1.54, 1.807) is 42.5 Å². The molecule has 3 rings (SSSR count). The first-order chi connectivity index (χ1) is 12.1. The Morgan fingerprint density at radius 2 is 1.76 bits per heavy atom. The average molecular weight is 334 g/mol. The summed E-state index contributed by atoms with van der Waals surface area (Å²) in [6, 6.07) is 17.4. The van der Waals surface area contributed by atoms with E-state index in [0.717, 1.165) is 14.8 Å². The lowest BCUT2D eigenvalue weighted by Gasteiger charge is -2.10. The third-order valence-corrected chi connectivity index (χ3v) is 3.67. The number of rotatable bonds is 4. The Morgan fingerprint density at radius 1 is 1.08 bits per heavy atom. The Labute approximate surface area is 143 Å². The van der Waals surface area contributed by atoms with Gasteiger partial charge in [-0.1, -0.05) is 30.3 Å². The zero-order valence-corrected chi connectivity index (χ0v) is 13.4. The fourth-order valence-corrected chi connectivity index (χ4v) is 2.38. The highest BCUT2D eigenvalue weighted by Gasteiger charge is 2.14. The maximum Gasteiger partial charge on any atom is 0.352 e. The van der Waals surface area contributed by atoms with Crippen molar-refractivity contribution < 1.29 is 4.74 Å². The van der Waals surface area contributed by atoms with Gasteiger partial charge in [0.15, 0.2) is 0 Å². The molecule has 0 aliphatic heterocycles. The van der Waals surface area contributed by atoms with Crippen LogP contribution in [0.15, 0.2) is 64.2 Å². The van der Waals surface area contributed by atoms with E-state index in [-0.39, 0.29) is 12.2 Å². The lowest BCUT2D eigenvalue weighted by molar-refractivity contribution is 0.414. The van der Waals surface area contributed by atoms with Gasteiger partial charge in [0.2, 0.25) is 5.69 Å². The Balaban J connectivity index is 2.17. The second-order valence-electron chi connectivity index (χ2n) is 5.23. The van der Waals surface area contributed by atoms with E-state index in [0.29, 0.717) is 11.4 Å². The van der Waals surface area contributed by atoms with Crippen LogP contribution in [0.2, 0.25) is 0 Å². The molecular formula is C18H14N4O3. The Hall–Kier alpha value is -3.66. The van der Waals surface area contributed by atoms with Crippen molar-refractivity contribution in [2.45, 2.75) is 6.54 Å². The molecule has 0 bridgehead atoms. The Kier molecular flexibility index (Phi) is 4.44. The van der Waals surface area contributed by atoms with E-state index in [2.05, 4.69) is 5.10 Å². The summed E-state index contributed by atoms with van der Waals surface area (Å²) < 4.78 is 7.14. The number of aromatic nitrogens is 3. The lowest BCUT2D eigenvalue weighted by Crippen LogP contribution is -2.42. The molecule has 0 unspecified atom stereocenters. The molecule has 0 atom stereocenters. The van der Waals surface area contributed by atoms with Crippen molar-refractivity contribution in [3.63, 3.8) is 0 Å². The van der Waals surface area contributed by atoms with Gasteiger partial charge in [-0.3, -0.25) is 9.36 Å². The number of nitriles is 1. The van der Waals surface area contributed by atoms with Crippen LogP contribution < -0.4 is 16.0 Å². The van der Waals surface area contributed by atoms with Gasteiger partial charge in [-0.25, -0.2) is 4.79 Å². The smallest absolute Gasteiger partial charge is 0.352 e. The van der Waals surface area contributed by atoms with E-state index in [1.807, 2.05) is 18.2 Å². The highest BCUT2D eigenvalue weighted by molar-refractivity contribution is 5.36. The van der Waals surface area contributed by atoms with E-state index in [1.165, 1.54) is 7.11 Å². The van der Waals surface area contributed by atoms with E-state index in [9.17, 15) is 14.9 Å². The molecular weight excluding hydrogens is 320 g/mol. The predicted octanol–water partition coefficient (Wildman–Crippen LogP) is 1.32. The lowest BCUT2D eigenvalue weighted by atomic mass is 10.2. The molecule has 0 fully saturated rings. The van der Waals surface area contributed by atoms with Gasteiger partial charge in [-0.05, 0) is 29.8 Å². The average Bonchev–Trinajstić information content (AvgIpc) is 2.66. The Morgan fingerprint density at radius 3 is 2.36 bits per heavy atom. The first-order valence-corrected chi connectivity index (χ1v) is 7.46. The minimum absolute atomic E-state index is 0.0614. The Bertz CT molecular complexity index is 1040. The maximum absolute atomic E-state index is 12.7. The highest BCUT2D eigenvalue weighted by Crippen LogP contribution is 2.12. The molecule has 0 saturated carbocycles. The van der Waals surface area contributed by atoms with Gasteiger partial charge in [0, 0.05) is 0 Å². The predicted molar refractivity (Wildman–Crippen MR) is 90.9 cm³/mol. The van der Waals surface area contributed by atoms with Crippen LogP contribution in [0.5, 0.6) is 5.75 Å². The molecule has 0 radical (unpaired) electrons. The van der Waals surface area contributed by atoms with Gasteiger partial charge < -0.3 is 4.74 Å². The summed E-state index contributed by atoms with van der Waals surface area (Å²) in [5.41, 5.74) is -0.451. The molecule has 0 aliphatic carbocycles. The van der Waals surface area contributed by atoms with Crippen LogP contribution in [-0.2, 0) is 6.54 Å². The number of methoxy groups -OCH3 is 1. The zero-order valence-electron chi connectivity index (χ0n) is 13.4. The molecule has 0 spiro atoms. The van der Waals surface area contributed by atoms with Gasteiger partial charge >= 0.3 is 5.69 Å². The van der Waals surface area contributed by atoms with Gasteiger partial charge in [0.25, 0.3) is 5.56 Å². The zero-order chi connectivity index (χ0) is 17.8. The fourth-order valence-electron chi connectivity index (χ4n) is 2.38. The van der Waals surface area contributed by atoms with Crippen molar-refractivity contribution in [2.75, 3.05) is 7.11 Å². The molecule has 1 aromatic heterocycles. The SMILES string of the molecule is COc1ccc(-n2nc(C#N)c(=O)n(Cc3ccccc3)c2=O)cc1. The second kappa shape index (κ2) is 6.84. The second-order valence-corrected chi connectivity index (χ2v) is 5.23. The monoisotopic (exact) mass is 334 g/mol. The van der Waals surface area contributed by atoms with Crippen molar-refractivity contribution >= 4 is 0 Å². The van der Waals surface area contributed by atoms with E-state index >= 15 is 0 Å². The van der Waals surface area contributed by atoms with Gasteiger partial charge in [0.1, 0.15) is 11.8 Å². The molecule has 2 aromatic carbocycles. The normalized spacial score (nSPS) is 10.2.